The summed E-state index contributed by atoms with van der Waals surface area (Å²) in [5, 5.41) is 17.8. The van der Waals surface area contributed by atoms with E-state index < -0.39 is 40.0 Å². The smallest absolute Gasteiger partial charge is 0.322 e. The first-order chi connectivity index (χ1) is 12.3. The topological polar surface area (TPSA) is 150 Å². The van der Waals surface area contributed by atoms with E-state index in [1.54, 1.807) is 13.8 Å². The summed E-state index contributed by atoms with van der Waals surface area (Å²) in [6.45, 7) is 5.09. The van der Waals surface area contributed by atoms with E-state index in [9.17, 15) is 22.8 Å². The molecule has 1 aliphatic rings. The van der Waals surface area contributed by atoms with Gasteiger partial charge in [-0.15, -0.1) is 0 Å². The first-order valence-electron chi connectivity index (χ1n) is 7.90. The summed E-state index contributed by atoms with van der Waals surface area (Å²) in [7, 11) is -4.35. The second kappa shape index (κ2) is 7.16. The van der Waals surface area contributed by atoms with Crippen molar-refractivity contribution in [1.29, 1.82) is 0 Å². The number of anilines is 1. The number of amides is 1. The normalized spacial score (nSPS) is 16.8. The molecule has 148 valence electrons. The zero-order valence-corrected chi connectivity index (χ0v) is 15.7. The average Bonchev–Trinajstić information content (AvgIpc) is 2.51. The number of ether oxygens (including phenoxy) is 1. The van der Waals surface area contributed by atoms with Gasteiger partial charge in [0.05, 0.1) is 23.5 Å². The summed E-state index contributed by atoms with van der Waals surface area (Å²) in [6.07, 6.45) is -0.920. The minimum Gasteiger partial charge on any atom is -0.484 e. The number of rotatable bonds is 6. The highest BCUT2D eigenvalue weighted by atomic mass is 32.2. The standard InChI is InChI=1S/C16H20N2O8S/c1-9(19)18-8-16(2,3)26-13-5-4-10(6-12(13)18)27(24,25)17-11(15(22)23)7-14(20)21/h4-6,11,17H,7-8H2,1-3H3,(H,20,21)(H,22,23). The molecule has 1 aromatic carbocycles. The van der Waals surface area contributed by atoms with E-state index in [0.29, 0.717) is 5.75 Å². The lowest BCUT2D eigenvalue weighted by atomic mass is 10.1. The number of nitrogens with one attached hydrogen (secondary N) is 1. The monoisotopic (exact) mass is 400 g/mol. The molecule has 11 heteroatoms. The second-order valence-electron chi connectivity index (χ2n) is 6.71. The molecule has 0 aliphatic carbocycles. The minimum atomic E-state index is -4.35. The maximum Gasteiger partial charge on any atom is 0.322 e. The van der Waals surface area contributed by atoms with Gasteiger partial charge in [0.15, 0.2) is 0 Å². The molecule has 0 fully saturated rings. The Labute approximate surface area is 155 Å². The van der Waals surface area contributed by atoms with Gasteiger partial charge in [-0.25, -0.2) is 8.42 Å². The molecular formula is C16H20N2O8S. The van der Waals surface area contributed by atoms with Gasteiger partial charge in [0, 0.05) is 6.92 Å². The lowest BCUT2D eigenvalue weighted by Gasteiger charge is -2.39. The van der Waals surface area contributed by atoms with Crippen LogP contribution in [0.4, 0.5) is 5.69 Å². The fraction of sp³-hybridized carbons (Fsp3) is 0.438. The summed E-state index contributed by atoms with van der Waals surface area (Å²) >= 11 is 0. The number of hydrogen-bond acceptors (Lipinski definition) is 6. The third kappa shape index (κ3) is 4.74. The van der Waals surface area contributed by atoms with Crippen LogP contribution in [0.5, 0.6) is 5.75 Å². The van der Waals surface area contributed by atoms with Crippen LogP contribution >= 0.6 is 0 Å². The Balaban J connectivity index is 2.42. The van der Waals surface area contributed by atoms with Crippen molar-refractivity contribution >= 4 is 33.6 Å². The summed E-state index contributed by atoms with van der Waals surface area (Å²) in [5.41, 5.74) is -0.442. The quantitative estimate of drug-likeness (QED) is 0.621. The Bertz CT molecular complexity index is 894. The van der Waals surface area contributed by atoms with Crippen molar-refractivity contribution < 1.29 is 37.8 Å². The third-order valence-corrected chi connectivity index (χ3v) is 5.28. The molecule has 1 unspecified atom stereocenters. The van der Waals surface area contributed by atoms with Crippen LogP contribution < -0.4 is 14.4 Å². The molecular weight excluding hydrogens is 380 g/mol. The van der Waals surface area contributed by atoms with Gasteiger partial charge in [-0.05, 0) is 32.0 Å². The number of nitrogens with zero attached hydrogens (tertiary/aromatic N) is 1. The lowest BCUT2D eigenvalue weighted by Crippen LogP contribution is -2.48. The van der Waals surface area contributed by atoms with Gasteiger partial charge in [0.1, 0.15) is 17.4 Å². The predicted octanol–water partition coefficient (Wildman–Crippen LogP) is 0.417. The maximum absolute atomic E-state index is 12.5. The third-order valence-electron chi connectivity index (χ3n) is 3.81. The molecule has 0 spiro atoms. The highest BCUT2D eigenvalue weighted by molar-refractivity contribution is 7.89. The first-order valence-corrected chi connectivity index (χ1v) is 9.39. The summed E-state index contributed by atoms with van der Waals surface area (Å²) in [4.78, 5) is 34.9. The van der Waals surface area contributed by atoms with Gasteiger partial charge < -0.3 is 19.8 Å². The molecule has 1 heterocycles. The molecule has 0 aromatic heterocycles. The summed E-state index contributed by atoms with van der Waals surface area (Å²) < 4.78 is 32.6. The number of hydrogen-bond donors (Lipinski definition) is 3. The molecule has 0 radical (unpaired) electrons. The lowest BCUT2D eigenvalue weighted by molar-refractivity contribution is -0.145. The summed E-state index contributed by atoms with van der Waals surface area (Å²) in [6, 6.07) is 1.92. The number of aliphatic carboxylic acids is 2. The van der Waals surface area contributed by atoms with Gasteiger partial charge in [0.2, 0.25) is 15.9 Å². The van der Waals surface area contributed by atoms with E-state index in [-0.39, 0.29) is 23.0 Å². The average molecular weight is 400 g/mol. The Kier molecular flexibility index (Phi) is 5.47. The van der Waals surface area contributed by atoms with E-state index in [0.717, 1.165) is 0 Å². The SMILES string of the molecule is CC(=O)N1CC(C)(C)Oc2ccc(S(=O)(=O)NC(CC(=O)O)C(=O)O)cc21. The molecule has 1 amide bonds. The molecule has 10 nitrogen and oxygen atoms in total. The van der Waals surface area contributed by atoms with Crippen molar-refractivity contribution in [2.75, 3.05) is 11.4 Å². The molecule has 27 heavy (non-hydrogen) atoms. The van der Waals surface area contributed by atoms with Crippen molar-refractivity contribution in [2.45, 2.75) is 43.7 Å². The van der Waals surface area contributed by atoms with E-state index in [1.165, 1.54) is 30.0 Å². The van der Waals surface area contributed by atoms with Gasteiger partial charge in [-0.3, -0.25) is 14.4 Å². The number of carbonyl (C=O) groups is 3. The van der Waals surface area contributed by atoms with E-state index in [4.69, 9.17) is 14.9 Å². The number of carboxylic acids is 2. The Hall–Kier alpha value is -2.66. The van der Waals surface area contributed by atoms with Gasteiger partial charge in [-0.2, -0.15) is 4.72 Å². The molecule has 3 N–H and O–H groups in total. The van der Waals surface area contributed by atoms with Crippen LogP contribution in [0.3, 0.4) is 0 Å². The van der Waals surface area contributed by atoms with Gasteiger partial charge >= 0.3 is 11.9 Å². The maximum atomic E-state index is 12.5. The highest BCUT2D eigenvalue weighted by Gasteiger charge is 2.35. The molecule has 0 saturated carbocycles. The number of benzene rings is 1. The second-order valence-corrected chi connectivity index (χ2v) is 8.42. The van der Waals surface area contributed by atoms with Crippen LogP contribution in [-0.2, 0) is 24.4 Å². The van der Waals surface area contributed by atoms with E-state index in [1.807, 2.05) is 4.72 Å². The van der Waals surface area contributed by atoms with E-state index in [2.05, 4.69) is 0 Å². The van der Waals surface area contributed by atoms with Gasteiger partial charge in [-0.1, -0.05) is 0 Å². The molecule has 1 atom stereocenters. The fourth-order valence-corrected chi connectivity index (χ4v) is 3.86. The Morgan fingerprint density at radius 3 is 2.44 bits per heavy atom. The van der Waals surface area contributed by atoms with Gasteiger partial charge in [0.25, 0.3) is 0 Å². The van der Waals surface area contributed by atoms with Crippen molar-refractivity contribution in [3.8, 4) is 5.75 Å². The summed E-state index contributed by atoms with van der Waals surface area (Å²) in [5.74, 6) is -3.09. The Morgan fingerprint density at radius 2 is 1.93 bits per heavy atom. The fourth-order valence-electron chi connectivity index (χ4n) is 2.65. The number of sulfonamides is 1. The van der Waals surface area contributed by atoms with Crippen LogP contribution in [0.2, 0.25) is 0 Å². The first kappa shape index (κ1) is 20.6. The molecule has 0 saturated heterocycles. The predicted molar refractivity (Wildman–Crippen MR) is 93.2 cm³/mol. The van der Waals surface area contributed by atoms with Crippen molar-refractivity contribution in [3.63, 3.8) is 0 Å². The van der Waals surface area contributed by atoms with Crippen molar-refractivity contribution in [3.05, 3.63) is 18.2 Å². The zero-order valence-electron chi connectivity index (χ0n) is 14.9. The number of fused-ring (bicyclic) bond motifs is 1. The molecule has 1 aliphatic heterocycles. The number of carbonyl (C=O) groups excluding carboxylic acids is 1. The van der Waals surface area contributed by atoms with Crippen LogP contribution in [0.15, 0.2) is 23.1 Å². The van der Waals surface area contributed by atoms with Crippen LogP contribution in [0.25, 0.3) is 0 Å². The number of carboxylic acid groups (broad SMARTS) is 2. The van der Waals surface area contributed by atoms with Crippen molar-refractivity contribution in [2.24, 2.45) is 0 Å². The van der Waals surface area contributed by atoms with Crippen LogP contribution in [0.1, 0.15) is 27.2 Å². The van der Waals surface area contributed by atoms with Crippen LogP contribution in [-0.4, -0.2) is 54.7 Å². The highest BCUT2D eigenvalue weighted by Crippen LogP contribution is 2.38. The molecule has 0 bridgehead atoms. The zero-order chi connectivity index (χ0) is 20.6. The largest absolute Gasteiger partial charge is 0.484 e. The molecule has 1 aromatic rings. The minimum absolute atomic E-state index is 0.197. The van der Waals surface area contributed by atoms with Crippen molar-refractivity contribution in [1.82, 2.24) is 4.72 Å². The molecule has 2 rings (SSSR count). The van der Waals surface area contributed by atoms with Crippen LogP contribution in [0, 0.1) is 0 Å². The van der Waals surface area contributed by atoms with E-state index >= 15 is 0 Å². The Morgan fingerprint density at radius 1 is 1.30 bits per heavy atom.